The molecular weight excluding hydrogens is 406 g/mol. The topological polar surface area (TPSA) is 52.6 Å². The van der Waals surface area contributed by atoms with E-state index in [0.717, 1.165) is 26.7 Å². The third kappa shape index (κ3) is 4.39. The first-order valence-electron chi connectivity index (χ1n) is 8.72. The highest BCUT2D eigenvalue weighted by molar-refractivity contribution is 7.11. The fourth-order valence-corrected chi connectivity index (χ4v) is 4.63. The average molecular weight is 424 g/mol. The monoisotopic (exact) mass is 424 g/mol. The Labute approximate surface area is 169 Å². The van der Waals surface area contributed by atoms with Crippen LogP contribution in [0.4, 0.5) is 8.78 Å². The Morgan fingerprint density at radius 1 is 1.00 bits per heavy atom. The lowest BCUT2D eigenvalue weighted by atomic mass is 10.2. The van der Waals surface area contributed by atoms with E-state index in [2.05, 4.69) is 0 Å². The maximum atomic E-state index is 13.1. The first-order valence-corrected chi connectivity index (χ1v) is 10.4. The van der Waals surface area contributed by atoms with Crippen molar-refractivity contribution in [1.29, 1.82) is 0 Å². The minimum atomic E-state index is -0.338. The van der Waals surface area contributed by atoms with E-state index in [1.807, 2.05) is 0 Å². The van der Waals surface area contributed by atoms with Gasteiger partial charge in [-0.15, -0.1) is 22.7 Å². The molecule has 0 saturated heterocycles. The Morgan fingerprint density at radius 2 is 1.61 bits per heavy atom. The average Bonchev–Trinajstić information content (AvgIpc) is 3.37. The molecule has 2 aliphatic rings. The number of halogens is 2. The number of ether oxygens (including phenoxy) is 2. The second-order valence-corrected chi connectivity index (χ2v) is 7.95. The van der Waals surface area contributed by atoms with Crippen molar-refractivity contribution in [2.24, 2.45) is 0 Å². The van der Waals surface area contributed by atoms with Crippen LogP contribution in [0.3, 0.4) is 0 Å². The normalized spacial score (nSPS) is 13.7. The fourth-order valence-electron chi connectivity index (χ4n) is 2.86. The van der Waals surface area contributed by atoms with Gasteiger partial charge in [-0.1, -0.05) is 0 Å². The molecule has 28 heavy (non-hydrogen) atoms. The van der Waals surface area contributed by atoms with Gasteiger partial charge in [0.25, 0.3) is 0 Å². The summed E-state index contributed by atoms with van der Waals surface area (Å²) in [5.41, 5.74) is 2.68. The van der Waals surface area contributed by atoms with E-state index in [0.29, 0.717) is 42.8 Å². The van der Waals surface area contributed by atoms with Crippen LogP contribution >= 0.6 is 22.7 Å². The van der Waals surface area contributed by atoms with Crippen LogP contribution in [0.25, 0.3) is 12.2 Å². The van der Waals surface area contributed by atoms with Crippen molar-refractivity contribution >= 4 is 46.8 Å². The van der Waals surface area contributed by atoms with Gasteiger partial charge in [-0.3, -0.25) is 0 Å². The van der Waals surface area contributed by atoms with E-state index in [1.54, 1.807) is 26.0 Å². The van der Waals surface area contributed by atoms with Crippen molar-refractivity contribution in [3.63, 3.8) is 0 Å². The maximum Gasteiger partial charge on any atom is 0.334 e. The molecule has 0 N–H and O–H groups in total. The highest BCUT2D eigenvalue weighted by Crippen LogP contribution is 2.33. The van der Waals surface area contributed by atoms with E-state index < -0.39 is 0 Å². The van der Waals surface area contributed by atoms with Gasteiger partial charge in [0.2, 0.25) is 0 Å². The zero-order chi connectivity index (χ0) is 20.3. The van der Waals surface area contributed by atoms with Crippen LogP contribution in [0, 0.1) is 10.9 Å². The van der Waals surface area contributed by atoms with Crippen molar-refractivity contribution in [3.05, 3.63) is 54.4 Å². The molecule has 2 aliphatic carbocycles. The molecule has 0 amide bonds. The van der Waals surface area contributed by atoms with E-state index in [1.165, 1.54) is 22.8 Å². The van der Waals surface area contributed by atoms with Gasteiger partial charge in [-0.05, 0) is 37.6 Å². The lowest BCUT2D eigenvalue weighted by Gasteiger charge is -2.00. The van der Waals surface area contributed by atoms with Gasteiger partial charge in [-0.2, -0.15) is 4.39 Å². The molecule has 148 valence electrons. The predicted octanol–water partition coefficient (Wildman–Crippen LogP) is 4.78. The molecule has 0 bridgehead atoms. The Balaban J connectivity index is 0.000000161. The second kappa shape index (κ2) is 8.79. The minimum Gasteiger partial charge on any atom is -0.463 e. The number of esters is 2. The van der Waals surface area contributed by atoms with Crippen LogP contribution in [-0.4, -0.2) is 25.2 Å². The first kappa shape index (κ1) is 20.4. The summed E-state index contributed by atoms with van der Waals surface area (Å²) in [6.45, 7) is 4.25. The van der Waals surface area contributed by atoms with Crippen LogP contribution in [0.15, 0.2) is 22.6 Å². The van der Waals surface area contributed by atoms with E-state index in [4.69, 9.17) is 9.47 Å². The molecule has 0 aromatic carbocycles. The van der Waals surface area contributed by atoms with Crippen molar-refractivity contribution in [3.8, 4) is 0 Å². The van der Waals surface area contributed by atoms with Crippen molar-refractivity contribution in [2.75, 3.05) is 13.2 Å². The van der Waals surface area contributed by atoms with Gasteiger partial charge in [0.1, 0.15) is 5.82 Å². The lowest BCUT2D eigenvalue weighted by Crippen LogP contribution is -2.07. The quantitative estimate of drug-likeness (QED) is 0.663. The van der Waals surface area contributed by atoms with Gasteiger partial charge < -0.3 is 9.47 Å². The predicted molar refractivity (Wildman–Crippen MR) is 105 cm³/mol. The van der Waals surface area contributed by atoms with Gasteiger partial charge in [0.15, 0.2) is 5.13 Å². The lowest BCUT2D eigenvalue weighted by molar-refractivity contribution is -0.139. The van der Waals surface area contributed by atoms with E-state index >= 15 is 0 Å². The Morgan fingerprint density at radius 3 is 2.18 bits per heavy atom. The molecule has 0 atom stereocenters. The molecule has 8 heteroatoms. The SMILES string of the molecule is CCOC(=O)C1=Cc2sc(F)cc2C1.CCOC(=O)C1=Cc2scc(F)c2C1. The highest BCUT2D eigenvalue weighted by atomic mass is 32.1. The third-order valence-corrected chi connectivity index (χ3v) is 5.98. The number of thiophene rings is 2. The van der Waals surface area contributed by atoms with E-state index in [-0.39, 0.29) is 22.9 Å². The van der Waals surface area contributed by atoms with Crippen LogP contribution < -0.4 is 0 Å². The van der Waals surface area contributed by atoms with Gasteiger partial charge in [0.05, 0.1) is 13.2 Å². The molecule has 0 unspecified atom stereocenters. The van der Waals surface area contributed by atoms with Crippen LogP contribution in [0.2, 0.25) is 0 Å². The molecule has 2 heterocycles. The molecule has 4 nitrogen and oxygen atoms in total. The zero-order valence-electron chi connectivity index (χ0n) is 15.3. The third-order valence-electron chi connectivity index (χ3n) is 4.12. The highest BCUT2D eigenvalue weighted by Gasteiger charge is 2.24. The summed E-state index contributed by atoms with van der Waals surface area (Å²) in [6, 6.07) is 1.47. The van der Waals surface area contributed by atoms with Crippen LogP contribution in [0.1, 0.15) is 34.7 Å². The molecule has 0 radical (unpaired) electrons. The standard InChI is InChI=1S/2C10H9FO2S/c1-2-13-10(12)7-3-6-5-9(11)14-8(6)4-7;1-2-13-10(12)6-3-7-8(11)5-14-9(7)4-6/h2*4-5H,2-3H2,1H3. The smallest absolute Gasteiger partial charge is 0.334 e. The Hall–Kier alpha value is -2.32. The number of carbonyl (C=O) groups excluding carboxylic acids is 2. The summed E-state index contributed by atoms with van der Waals surface area (Å²) in [4.78, 5) is 24.3. The summed E-state index contributed by atoms with van der Waals surface area (Å²) < 4.78 is 35.6. The Kier molecular flexibility index (Phi) is 6.41. The van der Waals surface area contributed by atoms with Crippen LogP contribution in [-0.2, 0) is 31.9 Å². The number of rotatable bonds is 4. The fraction of sp³-hybridized carbons (Fsp3) is 0.300. The molecule has 0 aliphatic heterocycles. The molecule has 2 aromatic heterocycles. The number of fused-ring (bicyclic) bond motifs is 2. The van der Waals surface area contributed by atoms with Gasteiger partial charge in [-0.25, -0.2) is 14.0 Å². The molecule has 0 fully saturated rings. The summed E-state index contributed by atoms with van der Waals surface area (Å²) in [5.74, 6) is -0.854. The van der Waals surface area contributed by atoms with Crippen molar-refractivity contribution in [2.45, 2.75) is 26.7 Å². The number of hydrogen-bond acceptors (Lipinski definition) is 6. The molecule has 0 spiro atoms. The summed E-state index contributed by atoms with van der Waals surface area (Å²) in [5, 5.41) is 1.26. The largest absolute Gasteiger partial charge is 0.463 e. The summed E-state index contributed by atoms with van der Waals surface area (Å²) in [7, 11) is 0. The van der Waals surface area contributed by atoms with Gasteiger partial charge >= 0.3 is 11.9 Å². The number of hydrogen-bond donors (Lipinski definition) is 0. The first-order chi connectivity index (χ1) is 13.4. The minimum absolute atomic E-state index is 0.200. The molecule has 2 aromatic rings. The van der Waals surface area contributed by atoms with Crippen molar-refractivity contribution < 1.29 is 27.8 Å². The summed E-state index contributed by atoms with van der Waals surface area (Å²) >= 11 is 2.38. The summed E-state index contributed by atoms with van der Waals surface area (Å²) in [6.07, 6.45) is 4.28. The Bertz CT molecular complexity index is 969. The maximum absolute atomic E-state index is 13.1. The number of carbonyl (C=O) groups is 2. The molecule has 0 saturated carbocycles. The van der Waals surface area contributed by atoms with Crippen molar-refractivity contribution in [1.82, 2.24) is 0 Å². The van der Waals surface area contributed by atoms with Gasteiger partial charge in [0, 0.05) is 44.7 Å². The zero-order valence-corrected chi connectivity index (χ0v) is 17.0. The van der Waals surface area contributed by atoms with Crippen LogP contribution in [0.5, 0.6) is 0 Å². The molecule has 4 rings (SSSR count). The molecular formula is C20H18F2O4S2. The second-order valence-electron chi connectivity index (χ2n) is 6.00. The van der Waals surface area contributed by atoms with E-state index in [9.17, 15) is 18.4 Å².